The van der Waals surface area contributed by atoms with E-state index in [1.54, 1.807) is 42.5 Å². The molecule has 0 saturated heterocycles. The molecule has 0 fully saturated rings. The minimum atomic E-state index is -0.614. The fourth-order valence-corrected chi connectivity index (χ4v) is 2.59. The van der Waals surface area contributed by atoms with E-state index in [2.05, 4.69) is 35.8 Å². The third-order valence-corrected chi connectivity index (χ3v) is 3.94. The molecule has 11 nitrogen and oxygen atoms in total. The number of benzene rings is 2. The van der Waals surface area contributed by atoms with Crippen molar-refractivity contribution in [1.82, 2.24) is 30.7 Å². The predicted octanol–water partition coefficient (Wildman–Crippen LogP) is 1.37. The van der Waals surface area contributed by atoms with Crippen molar-refractivity contribution in [3.8, 4) is 22.8 Å². The number of nitrogen functional groups attached to an aromatic ring is 1. The topological polar surface area (TPSA) is 157 Å². The summed E-state index contributed by atoms with van der Waals surface area (Å²) < 4.78 is 5.89. The number of rotatable bonds is 5. The molecule has 4 N–H and O–H groups in total. The van der Waals surface area contributed by atoms with Crippen molar-refractivity contribution in [2.75, 3.05) is 5.73 Å². The molecule has 11 heteroatoms. The van der Waals surface area contributed by atoms with Crippen LogP contribution in [-0.4, -0.2) is 42.5 Å². The Kier molecular flexibility index (Phi) is 4.68. The summed E-state index contributed by atoms with van der Waals surface area (Å²) in [7, 11) is 0. The van der Waals surface area contributed by atoms with E-state index in [0.29, 0.717) is 16.8 Å². The van der Waals surface area contributed by atoms with Crippen LogP contribution in [0.4, 0.5) is 5.82 Å². The SMILES string of the molecule is Nc1nonc1-n1nnc(C(=O)N/N=C/c2ccccc2O)c1-c1ccccc1. The van der Waals surface area contributed by atoms with E-state index in [0.717, 1.165) is 0 Å². The Balaban J connectivity index is 1.68. The van der Waals surface area contributed by atoms with Gasteiger partial charge in [-0.25, -0.2) is 10.1 Å². The highest BCUT2D eigenvalue weighted by Crippen LogP contribution is 2.26. The van der Waals surface area contributed by atoms with Crippen LogP contribution >= 0.6 is 0 Å². The molecule has 0 radical (unpaired) electrons. The Morgan fingerprint density at radius 1 is 1.14 bits per heavy atom. The van der Waals surface area contributed by atoms with Gasteiger partial charge in [0.05, 0.1) is 6.21 Å². The van der Waals surface area contributed by atoms with Gasteiger partial charge in [-0.15, -0.1) is 5.10 Å². The number of amides is 1. The molecule has 0 aliphatic rings. The maximum atomic E-state index is 12.7. The van der Waals surface area contributed by atoms with Crippen molar-refractivity contribution in [1.29, 1.82) is 0 Å². The molecule has 29 heavy (non-hydrogen) atoms. The van der Waals surface area contributed by atoms with Gasteiger partial charge in [0.25, 0.3) is 5.91 Å². The van der Waals surface area contributed by atoms with Crippen molar-refractivity contribution < 1.29 is 14.5 Å². The number of anilines is 1. The van der Waals surface area contributed by atoms with Crippen molar-refractivity contribution >= 4 is 17.9 Å². The number of phenols is 1. The molecule has 2 aromatic carbocycles. The highest BCUT2D eigenvalue weighted by atomic mass is 16.6. The molecule has 0 unspecified atom stereocenters. The first-order valence-corrected chi connectivity index (χ1v) is 8.36. The van der Waals surface area contributed by atoms with Gasteiger partial charge in [0.2, 0.25) is 11.6 Å². The molecule has 0 saturated carbocycles. The van der Waals surface area contributed by atoms with Crippen molar-refractivity contribution in [2.24, 2.45) is 5.10 Å². The summed E-state index contributed by atoms with van der Waals surface area (Å²) in [5.41, 5.74) is 9.55. The van der Waals surface area contributed by atoms with Gasteiger partial charge in [0.1, 0.15) is 11.4 Å². The van der Waals surface area contributed by atoms with Gasteiger partial charge < -0.3 is 10.8 Å². The second-order valence-corrected chi connectivity index (χ2v) is 5.80. The molecule has 0 aliphatic heterocycles. The molecule has 4 aromatic rings. The van der Waals surface area contributed by atoms with Crippen LogP contribution in [0.15, 0.2) is 64.3 Å². The quantitative estimate of drug-likeness (QED) is 0.340. The minimum absolute atomic E-state index is 0.00314. The number of hydrazone groups is 1. The molecule has 1 amide bonds. The van der Waals surface area contributed by atoms with Crippen LogP contribution in [0.1, 0.15) is 16.1 Å². The summed E-state index contributed by atoms with van der Waals surface area (Å²) in [4.78, 5) is 12.7. The van der Waals surface area contributed by atoms with E-state index in [1.165, 1.54) is 17.0 Å². The van der Waals surface area contributed by atoms with Gasteiger partial charge in [0, 0.05) is 11.1 Å². The molecule has 0 spiro atoms. The van der Waals surface area contributed by atoms with Crippen molar-refractivity contribution in [3.05, 3.63) is 65.9 Å². The number of nitrogens with one attached hydrogen (secondary N) is 1. The van der Waals surface area contributed by atoms with E-state index in [4.69, 9.17) is 5.73 Å². The molecule has 4 rings (SSSR count). The number of carbonyl (C=O) groups is 1. The van der Waals surface area contributed by atoms with Crippen LogP contribution in [-0.2, 0) is 0 Å². The number of nitrogens with zero attached hydrogens (tertiary/aromatic N) is 6. The number of hydrogen-bond acceptors (Lipinski definition) is 9. The number of aromatic nitrogens is 5. The standard InChI is InChI=1S/C18H14N8O3/c19-16-17(24-29-23-16)26-15(11-6-2-1-3-7-11)14(21-25-26)18(28)22-20-10-12-8-4-5-9-13(12)27/h1-10,27H,(H2,19,23)(H,22,28)/b20-10+. The fraction of sp³-hybridized carbons (Fsp3) is 0. The Morgan fingerprint density at radius 3 is 2.62 bits per heavy atom. The lowest BCUT2D eigenvalue weighted by molar-refractivity contribution is 0.0950. The Morgan fingerprint density at radius 2 is 1.90 bits per heavy atom. The molecule has 0 atom stereocenters. The van der Waals surface area contributed by atoms with Gasteiger partial charge in [-0.05, 0) is 22.4 Å². The lowest BCUT2D eigenvalue weighted by atomic mass is 10.1. The molecule has 2 aromatic heterocycles. The highest BCUT2D eigenvalue weighted by molar-refractivity contribution is 5.99. The molecular weight excluding hydrogens is 376 g/mol. The van der Waals surface area contributed by atoms with E-state index in [1.807, 2.05) is 6.07 Å². The lowest BCUT2D eigenvalue weighted by Gasteiger charge is -2.05. The number of aromatic hydroxyl groups is 1. The first kappa shape index (κ1) is 17.9. The van der Waals surface area contributed by atoms with Crippen molar-refractivity contribution in [3.63, 3.8) is 0 Å². The van der Waals surface area contributed by atoms with E-state index >= 15 is 0 Å². The smallest absolute Gasteiger partial charge is 0.294 e. The summed E-state index contributed by atoms with van der Waals surface area (Å²) in [6, 6.07) is 15.6. The zero-order chi connectivity index (χ0) is 20.2. The van der Waals surface area contributed by atoms with Gasteiger partial charge in [-0.3, -0.25) is 4.79 Å². The van der Waals surface area contributed by atoms with Crippen LogP contribution in [0.3, 0.4) is 0 Å². The Hall–Kier alpha value is -4.54. The number of para-hydroxylation sites is 1. The van der Waals surface area contributed by atoms with Crippen LogP contribution < -0.4 is 11.2 Å². The second kappa shape index (κ2) is 7.60. The second-order valence-electron chi connectivity index (χ2n) is 5.80. The van der Waals surface area contributed by atoms with Crippen LogP contribution in [0.2, 0.25) is 0 Å². The summed E-state index contributed by atoms with van der Waals surface area (Å²) in [6.45, 7) is 0. The number of carbonyl (C=O) groups excluding carboxylic acids is 1. The summed E-state index contributed by atoms with van der Waals surface area (Å²) in [6.07, 6.45) is 1.32. The first-order valence-electron chi connectivity index (χ1n) is 8.36. The zero-order valence-electron chi connectivity index (χ0n) is 14.8. The zero-order valence-corrected chi connectivity index (χ0v) is 14.8. The minimum Gasteiger partial charge on any atom is -0.507 e. The summed E-state index contributed by atoms with van der Waals surface area (Å²) >= 11 is 0. The molecular formula is C18H14N8O3. The molecule has 0 bridgehead atoms. The normalized spacial score (nSPS) is 11.0. The van der Waals surface area contributed by atoms with Gasteiger partial charge in [0.15, 0.2) is 5.69 Å². The Labute approximate surface area is 163 Å². The lowest BCUT2D eigenvalue weighted by Crippen LogP contribution is -2.19. The number of phenolic OH excluding ortho intramolecular Hbond substituents is 1. The highest BCUT2D eigenvalue weighted by Gasteiger charge is 2.24. The Bertz CT molecular complexity index is 1180. The number of hydrogen-bond donors (Lipinski definition) is 3. The molecule has 144 valence electrons. The van der Waals surface area contributed by atoms with Crippen molar-refractivity contribution in [2.45, 2.75) is 0 Å². The van der Waals surface area contributed by atoms with E-state index in [-0.39, 0.29) is 23.1 Å². The van der Waals surface area contributed by atoms with E-state index in [9.17, 15) is 9.90 Å². The summed E-state index contributed by atoms with van der Waals surface area (Å²) in [5.74, 6) is -0.475. The first-order chi connectivity index (χ1) is 14.1. The maximum absolute atomic E-state index is 12.7. The maximum Gasteiger partial charge on any atom is 0.294 e. The molecule has 2 heterocycles. The summed E-state index contributed by atoms with van der Waals surface area (Å²) in [5, 5.41) is 28.8. The largest absolute Gasteiger partial charge is 0.507 e. The molecule has 0 aliphatic carbocycles. The third kappa shape index (κ3) is 3.51. The average molecular weight is 390 g/mol. The van der Waals surface area contributed by atoms with E-state index < -0.39 is 5.91 Å². The van der Waals surface area contributed by atoms with Gasteiger partial charge >= 0.3 is 0 Å². The monoisotopic (exact) mass is 390 g/mol. The van der Waals surface area contributed by atoms with Gasteiger partial charge in [-0.2, -0.15) is 9.78 Å². The fourth-order valence-electron chi connectivity index (χ4n) is 2.59. The van der Waals surface area contributed by atoms with Crippen LogP contribution in [0.25, 0.3) is 17.1 Å². The van der Waals surface area contributed by atoms with Crippen LogP contribution in [0.5, 0.6) is 5.75 Å². The average Bonchev–Trinajstić information content (AvgIpc) is 3.36. The number of nitrogens with two attached hydrogens (primary N) is 1. The van der Waals surface area contributed by atoms with Gasteiger partial charge in [-0.1, -0.05) is 47.7 Å². The third-order valence-electron chi connectivity index (χ3n) is 3.94. The van der Waals surface area contributed by atoms with Crippen LogP contribution in [0, 0.1) is 0 Å². The predicted molar refractivity (Wildman–Crippen MR) is 102 cm³/mol.